The van der Waals surface area contributed by atoms with E-state index in [1.54, 1.807) is 48.5 Å². The number of rotatable bonds is 6. The topological polar surface area (TPSA) is 120 Å². The molecule has 0 atom stereocenters. The fraction of sp³-hybridized carbons (Fsp3) is 0.182. The minimum atomic E-state index is -0.633. The number of imide groups is 1. The van der Waals surface area contributed by atoms with Gasteiger partial charge in [-0.15, -0.1) is 0 Å². The first-order valence-corrected chi connectivity index (χ1v) is 10.8. The van der Waals surface area contributed by atoms with Crippen LogP contribution in [0.5, 0.6) is 11.5 Å². The van der Waals surface area contributed by atoms with E-state index < -0.39 is 22.8 Å². The van der Waals surface area contributed by atoms with Crippen molar-refractivity contribution in [2.45, 2.75) is 6.54 Å². The van der Waals surface area contributed by atoms with Crippen LogP contribution in [0.15, 0.2) is 56.6 Å². The van der Waals surface area contributed by atoms with Crippen LogP contribution in [0.25, 0.3) is 17.2 Å². The van der Waals surface area contributed by atoms with Crippen molar-refractivity contribution in [1.82, 2.24) is 14.8 Å². The maximum Gasteiger partial charge on any atom is 0.420 e. The number of amides is 3. The standard InChI is InChI=1S/C22H17N3O7S/c26-19(11-25-14-3-1-2-4-15(14)32-21(25)28)23-7-8-24-20(27)18(33-22(24)29)10-13-5-6-16-17(9-13)31-12-30-16/h1-6,9-10H,7-8,11-12H2,(H,23,26)/b18-10+. The minimum absolute atomic E-state index is 0.00984. The summed E-state index contributed by atoms with van der Waals surface area (Å²) in [5, 5.41) is 2.21. The first-order chi connectivity index (χ1) is 16.0. The molecule has 1 saturated heterocycles. The maximum atomic E-state index is 12.7. The van der Waals surface area contributed by atoms with Crippen LogP contribution in [0.3, 0.4) is 0 Å². The second kappa shape index (κ2) is 8.51. The third kappa shape index (κ3) is 4.10. The molecular weight excluding hydrogens is 450 g/mol. The predicted molar refractivity (Wildman–Crippen MR) is 119 cm³/mol. The van der Waals surface area contributed by atoms with Crippen molar-refractivity contribution < 1.29 is 28.3 Å². The van der Waals surface area contributed by atoms with E-state index in [4.69, 9.17) is 13.9 Å². The molecule has 1 aromatic heterocycles. The van der Waals surface area contributed by atoms with Crippen LogP contribution in [0.4, 0.5) is 4.79 Å². The minimum Gasteiger partial charge on any atom is -0.454 e. The first-order valence-electron chi connectivity index (χ1n) is 10.00. The smallest absolute Gasteiger partial charge is 0.420 e. The zero-order chi connectivity index (χ0) is 22.9. The van der Waals surface area contributed by atoms with Crippen LogP contribution < -0.4 is 20.5 Å². The van der Waals surface area contributed by atoms with E-state index >= 15 is 0 Å². The molecule has 168 valence electrons. The fourth-order valence-corrected chi connectivity index (χ4v) is 4.38. The molecular formula is C22H17N3O7S. The Kier molecular flexibility index (Phi) is 5.38. The highest BCUT2D eigenvalue weighted by atomic mass is 32.2. The summed E-state index contributed by atoms with van der Waals surface area (Å²) in [5.74, 6) is -0.302. The Bertz CT molecular complexity index is 1370. The average molecular weight is 467 g/mol. The predicted octanol–water partition coefficient (Wildman–Crippen LogP) is 2.18. The lowest BCUT2D eigenvalue weighted by Gasteiger charge is -2.13. The number of hydrogen-bond acceptors (Lipinski definition) is 8. The van der Waals surface area contributed by atoms with Gasteiger partial charge in [0.05, 0.1) is 10.4 Å². The van der Waals surface area contributed by atoms with Gasteiger partial charge in [0, 0.05) is 13.1 Å². The highest BCUT2D eigenvalue weighted by molar-refractivity contribution is 8.18. The molecule has 1 N–H and O–H groups in total. The zero-order valence-electron chi connectivity index (χ0n) is 17.1. The number of nitrogens with one attached hydrogen (secondary N) is 1. The molecule has 5 rings (SSSR count). The normalized spacial score (nSPS) is 16.2. The Morgan fingerprint density at radius 1 is 1.09 bits per heavy atom. The largest absolute Gasteiger partial charge is 0.454 e. The first kappa shape index (κ1) is 20.9. The zero-order valence-corrected chi connectivity index (χ0v) is 17.9. The molecule has 2 aliphatic heterocycles. The number of benzene rings is 2. The fourth-order valence-electron chi connectivity index (χ4n) is 3.52. The van der Waals surface area contributed by atoms with E-state index in [0.717, 1.165) is 16.7 Å². The van der Waals surface area contributed by atoms with Gasteiger partial charge >= 0.3 is 5.76 Å². The molecule has 33 heavy (non-hydrogen) atoms. The van der Waals surface area contributed by atoms with Crippen molar-refractivity contribution in [3.8, 4) is 11.5 Å². The Labute approximate surface area is 190 Å². The Hall–Kier alpha value is -3.99. The summed E-state index contributed by atoms with van der Waals surface area (Å²) >= 11 is 0.832. The molecule has 0 spiro atoms. The number of hydrogen-bond donors (Lipinski definition) is 1. The number of carbonyl (C=O) groups excluding carboxylic acids is 3. The maximum absolute atomic E-state index is 12.7. The second-order valence-corrected chi connectivity index (χ2v) is 8.21. The Morgan fingerprint density at radius 3 is 2.79 bits per heavy atom. The van der Waals surface area contributed by atoms with Gasteiger partial charge in [0.15, 0.2) is 17.1 Å². The summed E-state index contributed by atoms with van der Waals surface area (Å²) < 4.78 is 16.9. The van der Waals surface area contributed by atoms with Crippen LogP contribution in [0, 0.1) is 0 Å². The third-order valence-corrected chi connectivity index (χ3v) is 6.01. The van der Waals surface area contributed by atoms with Gasteiger partial charge in [-0.2, -0.15) is 0 Å². The molecule has 3 amide bonds. The van der Waals surface area contributed by atoms with Gasteiger partial charge in [-0.1, -0.05) is 18.2 Å². The van der Waals surface area contributed by atoms with Gasteiger partial charge < -0.3 is 19.2 Å². The summed E-state index contributed by atoms with van der Waals surface area (Å²) in [4.78, 5) is 50.6. The third-order valence-electron chi connectivity index (χ3n) is 5.10. The number of carbonyl (C=O) groups is 3. The molecule has 0 unspecified atom stereocenters. The Morgan fingerprint density at radius 2 is 1.91 bits per heavy atom. The quantitative estimate of drug-likeness (QED) is 0.548. The average Bonchev–Trinajstić information content (AvgIpc) is 3.46. The second-order valence-electron chi connectivity index (χ2n) is 7.22. The van der Waals surface area contributed by atoms with Crippen molar-refractivity contribution in [2.24, 2.45) is 0 Å². The molecule has 0 saturated carbocycles. The van der Waals surface area contributed by atoms with Crippen LogP contribution in [-0.4, -0.2) is 46.4 Å². The lowest BCUT2D eigenvalue weighted by molar-refractivity contribution is -0.124. The summed E-state index contributed by atoms with van der Waals surface area (Å²) in [6.07, 6.45) is 1.61. The Balaban J connectivity index is 1.19. The molecule has 2 aliphatic rings. The molecule has 11 heteroatoms. The van der Waals surface area contributed by atoms with Crippen LogP contribution >= 0.6 is 11.8 Å². The van der Waals surface area contributed by atoms with Crippen molar-refractivity contribution in [2.75, 3.05) is 19.9 Å². The molecule has 2 aromatic carbocycles. The van der Waals surface area contributed by atoms with E-state index in [1.165, 1.54) is 4.57 Å². The van der Waals surface area contributed by atoms with Gasteiger partial charge in [-0.25, -0.2) is 4.79 Å². The number of ether oxygens (including phenoxy) is 2. The van der Waals surface area contributed by atoms with Crippen LogP contribution in [-0.2, 0) is 16.1 Å². The molecule has 10 nitrogen and oxygen atoms in total. The lowest BCUT2D eigenvalue weighted by Crippen LogP contribution is -2.39. The summed E-state index contributed by atoms with van der Waals surface area (Å²) in [6, 6.07) is 12.0. The van der Waals surface area contributed by atoms with Gasteiger partial charge in [0.1, 0.15) is 6.54 Å². The van der Waals surface area contributed by atoms with Crippen molar-refractivity contribution in [3.05, 3.63) is 63.5 Å². The van der Waals surface area contributed by atoms with Crippen LogP contribution in [0.2, 0.25) is 0 Å². The number of thioether (sulfide) groups is 1. The SMILES string of the molecule is O=C(Cn1c(=O)oc2ccccc21)NCCN1C(=O)S/C(=C/c2ccc3c(c2)OCO3)C1=O. The number of oxazole rings is 1. The molecule has 3 heterocycles. The molecule has 0 aliphatic carbocycles. The highest BCUT2D eigenvalue weighted by Crippen LogP contribution is 2.36. The molecule has 3 aromatic rings. The van der Waals surface area contributed by atoms with Crippen molar-refractivity contribution in [3.63, 3.8) is 0 Å². The van der Waals surface area contributed by atoms with E-state index in [9.17, 15) is 19.2 Å². The van der Waals surface area contributed by atoms with Crippen molar-refractivity contribution in [1.29, 1.82) is 0 Å². The summed E-state index contributed by atoms with van der Waals surface area (Å²) in [5.41, 5.74) is 1.61. The van der Waals surface area contributed by atoms with E-state index in [-0.39, 0.29) is 31.3 Å². The van der Waals surface area contributed by atoms with E-state index in [1.807, 2.05) is 0 Å². The van der Waals surface area contributed by atoms with Gasteiger partial charge in [-0.3, -0.25) is 23.9 Å². The monoisotopic (exact) mass is 467 g/mol. The molecule has 0 bridgehead atoms. The van der Waals surface area contributed by atoms with Crippen LogP contribution in [0.1, 0.15) is 5.56 Å². The highest BCUT2D eigenvalue weighted by Gasteiger charge is 2.34. The van der Waals surface area contributed by atoms with Gasteiger partial charge in [-0.05, 0) is 47.7 Å². The number of para-hydroxylation sites is 2. The van der Waals surface area contributed by atoms with E-state index in [2.05, 4.69) is 5.32 Å². The lowest BCUT2D eigenvalue weighted by atomic mass is 10.2. The molecule has 0 radical (unpaired) electrons. The van der Waals surface area contributed by atoms with Crippen molar-refractivity contribution >= 4 is 46.0 Å². The number of fused-ring (bicyclic) bond motifs is 2. The van der Waals surface area contributed by atoms with E-state index in [0.29, 0.717) is 28.2 Å². The van der Waals surface area contributed by atoms with Gasteiger partial charge in [0.25, 0.3) is 11.1 Å². The summed E-state index contributed by atoms with van der Waals surface area (Å²) in [7, 11) is 0. The number of aromatic nitrogens is 1. The summed E-state index contributed by atoms with van der Waals surface area (Å²) in [6.45, 7) is -0.0249. The molecule has 1 fully saturated rings. The van der Waals surface area contributed by atoms with Gasteiger partial charge in [0.2, 0.25) is 12.7 Å². The number of nitrogens with zero attached hydrogens (tertiary/aromatic N) is 2.